The Kier molecular flexibility index (Phi) is 5.05. The van der Waals surface area contributed by atoms with E-state index in [1.165, 1.54) is 6.20 Å². The van der Waals surface area contributed by atoms with Gasteiger partial charge in [-0.05, 0) is 12.1 Å². The molecule has 3 nitrogen and oxygen atoms in total. The van der Waals surface area contributed by atoms with Crippen molar-refractivity contribution in [3.8, 4) is 0 Å². The molecule has 0 saturated heterocycles. The minimum atomic E-state index is -0.446. The summed E-state index contributed by atoms with van der Waals surface area (Å²) in [5, 5.41) is 0.929. The molecule has 0 fully saturated rings. The maximum absolute atomic E-state index is 10.8. The third-order valence-electron chi connectivity index (χ3n) is 1.87. The molecule has 0 aliphatic heterocycles. The van der Waals surface area contributed by atoms with E-state index in [2.05, 4.69) is 4.98 Å². The number of primary amides is 1. The van der Waals surface area contributed by atoms with E-state index < -0.39 is 5.91 Å². The van der Waals surface area contributed by atoms with Crippen LogP contribution < -0.4 is 5.73 Å². The van der Waals surface area contributed by atoms with Crippen molar-refractivity contribution in [3.63, 3.8) is 0 Å². The summed E-state index contributed by atoms with van der Waals surface area (Å²) >= 11 is 0. The number of carbonyl (C=O) groups excluding carboxylic acids is 1. The summed E-state index contributed by atoms with van der Waals surface area (Å²) in [6, 6.07) is 9.33. The molecule has 1 aromatic heterocycles. The number of nitrogens with zero attached hydrogens (tertiary/aromatic N) is 1. The Labute approximate surface area is 99.5 Å². The van der Waals surface area contributed by atoms with Crippen LogP contribution in [0.5, 0.6) is 0 Å². The summed E-state index contributed by atoms with van der Waals surface area (Å²) < 4.78 is 0. The highest BCUT2D eigenvalue weighted by Crippen LogP contribution is 2.11. The summed E-state index contributed by atoms with van der Waals surface area (Å²) in [7, 11) is 0. The molecule has 0 unspecified atom stereocenters. The summed E-state index contributed by atoms with van der Waals surface area (Å²) in [5.41, 5.74) is 6.44. The molecule has 0 atom stereocenters. The van der Waals surface area contributed by atoms with Gasteiger partial charge in [0.2, 0.25) is 5.91 Å². The Hall–Kier alpha value is -1.32. The zero-order chi connectivity index (χ0) is 9.26. The van der Waals surface area contributed by atoms with Crippen molar-refractivity contribution >= 4 is 41.6 Å². The number of aromatic nitrogens is 1. The maximum Gasteiger partial charge on any atom is 0.250 e. The van der Waals surface area contributed by atoms with Crippen LogP contribution in [0.3, 0.4) is 0 Å². The molecule has 0 aliphatic rings. The van der Waals surface area contributed by atoms with Gasteiger partial charge in [-0.1, -0.05) is 18.2 Å². The SMILES string of the molecule is Cl.Cl.NC(=O)c1cnc2ccccc2c1. The summed E-state index contributed by atoms with van der Waals surface area (Å²) in [6.07, 6.45) is 1.49. The molecule has 1 amide bonds. The molecule has 2 N–H and O–H groups in total. The fourth-order valence-electron chi connectivity index (χ4n) is 1.21. The van der Waals surface area contributed by atoms with Gasteiger partial charge in [-0.3, -0.25) is 9.78 Å². The van der Waals surface area contributed by atoms with Crippen LogP contribution in [-0.2, 0) is 0 Å². The first-order chi connectivity index (χ1) is 6.27. The third-order valence-corrected chi connectivity index (χ3v) is 1.87. The van der Waals surface area contributed by atoms with Crippen LogP contribution in [-0.4, -0.2) is 10.9 Å². The van der Waals surface area contributed by atoms with Gasteiger partial charge in [0, 0.05) is 11.6 Å². The largest absolute Gasteiger partial charge is 0.366 e. The Morgan fingerprint density at radius 2 is 1.87 bits per heavy atom. The quantitative estimate of drug-likeness (QED) is 0.837. The lowest BCUT2D eigenvalue weighted by Crippen LogP contribution is -2.10. The second-order valence-corrected chi connectivity index (χ2v) is 2.78. The minimum absolute atomic E-state index is 0. The number of carbonyl (C=O) groups is 1. The molecular weight excluding hydrogens is 235 g/mol. The second-order valence-electron chi connectivity index (χ2n) is 2.78. The predicted molar refractivity (Wildman–Crippen MR) is 64.8 cm³/mol. The average Bonchev–Trinajstić information content (AvgIpc) is 2.17. The van der Waals surface area contributed by atoms with Gasteiger partial charge in [0.05, 0.1) is 11.1 Å². The molecule has 15 heavy (non-hydrogen) atoms. The lowest BCUT2D eigenvalue weighted by atomic mass is 10.1. The zero-order valence-electron chi connectivity index (χ0n) is 7.71. The highest BCUT2D eigenvalue weighted by atomic mass is 35.5. The highest BCUT2D eigenvalue weighted by molar-refractivity contribution is 5.96. The molecule has 1 aromatic carbocycles. The van der Waals surface area contributed by atoms with Crippen LogP contribution in [0.25, 0.3) is 10.9 Å². The predicted octanol–water partition coefficient (Wildman–Crippen LogP) is 2.18. The van der Waals surface area contributed by atoms with Gasteiger partial charge < -0.3 is 5.73 Å². The number of fused-ring (bicyclic) bond motifs is 1. The summed E-state index contributed by atoms with van der Waals surface area (Å²) in [6.45, 7) is 0. The van der Waals surface area contributed by atoms with Crippen LogP contribution in [0.15, 0.2) is 36.5 Å². The average molecular weight is 245 g/mol. The molecule has 0 bridgehead atoms. The van der Waals surface area contributed by atoms with E-state index in [1.807, 2.05) is 24.3 Å². The number of hydrogen-bond acceptors (Lipinski definition) is 2. The molecule has 5 heteroatoms. The molecule has 1 heterocycles. The van der Waals surface area contributed by atoms with E-state index in [9.17, 15) is 4.79 Å². The van der Waals surface area contributed by atoms with Crippen molar-refractivity contribution in [3.05, 3.63) is 42.1 Å². The third kappa shape index (κ3) is 2.81. The van der Waals surface area contributed by atoms with E-state index in [-0.39, 0.29) is 24.8 Å². The lowest BCUT2D eigenvalue weighted by molar-refractivity contribution is 0.1000. The molecule has 80 valence electrons. The Balaban J connectivity index is 0.000000980. The molecular formula is C10H10Cl2N2O. The van der Waals surface area contributed by atoms with Crippen LogP contribution in [0.1, 0.15) is 10.4 Å². The van der Waals surface area contributed by atoms with Gasteiger partial charge in [-0.25, -0.2) is 0 Å². The number of pyridine rings is 1. The van der Waals surface area contributed by atoms with Crippen molar-refractivity contribution in [1.29, 1.82) is 0 Å². The van der Waals surface area contributed by atoms with E-state index in [0.29, 0.717) is 5.56 Å². The first kappa shape index (κ1) is 13.7. The summed E-state index contributed by atoms with van der Waals surface area (Å²) in [5.74, 6) is -0.446. The van der Waals surface area contributed by atoms with Crippen LogP contribution in [0.2, 0.25) is 0 Å². The standard InChI is InChI=1S/C10H8N2O.2ClH/c11-10(13)8-5-7-3-1-2-4-9(7)12-6-8;;/h1-6H,(H2,11,13);2*1H. The monoisotopic (exact) mass is 244 g/mol. The van der Waals surface area contributed by atoms with Crippen LogP contribution in [0.4, 0.5) is 0 Å². The fourth-order valence-corrected chi connectivity index (χ4v) is 1.21. The normalized spacial score (nSPS) is 8.80. The topological polar surface area (TPSA) is 56.0 Å². The van der Waals surface area contributed by atoms with E-state index >= 15 is 0 Å². The van der Waals surface area contributed by atoms with Crippen molar-refractivity contribution in [1.82, 2.24) is 4.98 Å². The van der Waals surface area contributed by atoms with E-state index in [0.717, 1.165) is 10.9 Å². The fraction of sp³-hybridized carbons (Fsp3) is 0. The number of rotatable bonds is 1. The Morgan fingerprint density at radius 3 is 2.53 bits per heavy atom. The first-order valence-corrected chi connectivity index (χ1v) is 3.92. The minimum Gasteiger partial charge on any atom is -0.366 e. The highest BCUT2D eigenvalue weighted by Gasteiger charge is 2.01. The zero-order valence-corrected chi connectivity index (χ0v) is 9.35. The van der Waals surface area contributed by atoms with Crippen molar-refractivity contribution < 1.29 is 4.79 Å². The molecule has 0 spiro atoms. The first-order valence-electron chi connectivity index (χ1n) is 3.92. The van der Waals surface area contributed by atoms with E-state index in [1.54, 1.807) is 6.07 Å². The van der Waals surface area contributed by atoms with Gasteiger partial charge in [0.25, 0.3) is 0 Å². The lowest BCUT2D eigenvalue weighted by Gasteiger charge is -1.97. The second kappa shape index (κ2) is 5.53. The summed E-state index contributed by atoms with van der Waals surface area (Å²) in [4.78, 5) is 14.9. The Bertz CT molecular complexity index is 474. The van der Waals surface area contributed by atoms with Gasteiger partial charge in [-0.15, -0.1) is 24.8 Å². The van der Waals surface area contributed by atoms with Gasteiger partial charge in [0.1, 0.15) is 0 Å². The van der Waals surface area contributed by atoms with Crippen molar-refractivity contribution in [2.24, 2.45) is 5.73 Å². The maximum atomic E-state index is 10.8. The molecule has 2 aromatic rings. The van der Waals surface area contributed by atoms with Crippen LogP contribution in [0, 0.1) is 0 Å². The number of amides is 1. The molecule has 2 rings (SSSR count). The van der Waals surface area contributed by atoms with Crippen molar-refractivity contribution in [2.75, 3.05) is 0 Å². The van der Waals surface area contributed by atoms with Crippen LogP contribution >= 0.6 is 24.8 Å². The number of hydrogen-bond donors (Lipinski definition) is 1. The Morgan fingerprint density at radius 1 is 1.20 bits per heavy atom. The number of halogens is 2. The smallest absolute Gasteiger partial charge is 0.250 e. The van der Waals surface area contributed by atoms with E-state index in [4.69, 9.17) is 5.73 Å². The van der Waals surface area contributed by atoms with Gasteiger partial charge >= 0.3 is 0 Å². The molecule has 0 saturated carbocycles. The number of nitrogens with two attached hydrogens (primary N) is 1. The number of para-hydroxylation sites is 1. The van der Waals surface area contributed by atoms with Gasteiger partial charge in [0.15, 0.2) is 0 Å². The number of benzene rings is 1. The molecule has 0 aliphatic carbocycles. The van der Waals surface area contributed by atoms with Crippen molar-refractivity contribution in [2.45, 2.75) is 0 Å². The molecule has 0 radical (unpaired) electrons. The van der Waals surface area contributed by atoms with Gasteiger partial charge in [-0.2, -0.15) is 0 Å².